The predicted octanol–water partition coefficient (Wildman–Crippen LogP) is 3.38. The highest BCUT2D eigenvalue weighted by Gasteiger charge is 2.16. The Morgan fingerprint density at radius 3 is 1.82 bits per heavy atom. The first kappa shape index (κ1) is 16.9. The smallest absolute Gasteiger partial charge is 0.00966 e. The van der Waals surface area contributed by atoms with E-state index in [4.69, 9.17) is 0 Å². The van der Waals surface area contributed by atoms with E-state index < -0.39 is 0 Å². The largest absolute Gasteiger partial charge is 0.312 e. The molecule has 0 saturated heterocycles. The van der Waals surface area contributed by atoms with Crippen molar-refractivity contribution in [1.82, 2.24) is 10.2 Å². The van der Waals surface area contributed by atoms with Crippen molar-refractivity contribution in [2.24, 2.45) is 11.8 Å². The number of nitrogens with one attached hydrogen (secondary N) is 1. The lowest BCUT2D eigenvalue weighted by atomic mass is 10.1. The molecule has 0 aliphatic rings. The molecule has 0 aromatic carbocycles. The van der Waals surface area contributed by atoms with E-state index in [-0.39, 0.29) is 5.54 Å². The fourth-order valence-corrected chi connectivity index (χ4v) is 1.91. The summed E-state index contributed by atoms with van der Waals surface area (Å²) in [6.45, 7) is 21.7. The summed E-state index contributed by atoms with van der Waals surface area (Å²) in [4.78, 5) is 2.60. The van der Waals surface area contributed by atoms with Gasteiger partial charge in [0.25, 0.3) is 0 Å². The maximum Gasteiger partial charge on any atom is 0.00966 e. The van der Waals surface area contributed by atoms with E-state index in [9.17, 15) is 0 Å². The van der Waals surface area contributed by atoms with Crippen LogP contribution in [0.15, 0.2) is 0 Å². The molecule has 17 heavy (non-hydrogen) atoms. The zero-order valence-corrected chi connectivity index (χ0v) is 13.3. The molecule has 0 radical (unpaired) electrons. The van der Waals surface area contributed by atoms with Crippen LogP contribution in [0.25, 0.3) is 0 Å². The van der Waals surface area contributed by atoms with E-state index in [0.29, 0.717) is 12.0 Å². The maximum absolute atomic E-state index is 3.59. The second-order valence-electron chi connectivity index (χ2n) is 7.18. The van der Waals surface area contributed by atoms with E-state index in [1.54, 1.807) is 0 Å². The van der Waals surface area contributed by atoms with Crippen molar-refractivity contribution >= 4 is 0 Å². The van der Waals surface area contributed by atoms with E-state index in [1.165, 1.54) is 13.1 Å². The third-order valence-corrected chi connectivity index (χ3v) is 2.86. The highest BCUT2D eigenvalue weighted by atomic mass is 15.1. The lowest BCUT2D eigenvalue weighted by Gasteiger charge is -2.32. The predicted molar refractivity (Wildman–Crippen MR) is 78.5 cm³/mol. The van der Waals surface area contributed by atoms with Gasteiger partial charge in [-0.25, -0.2) is 0 Å². The Labute approximate surface area is 109 Å². The summed E-state index contributed by atoms with van der Waals surface area (Å²) in [5.41, 5.74) is 0.231. The molecule has 0 saturated carbocycles. The monoisotopic (exact) mass is 242 g/mol. The molecule has 0 aliphatic carbocycles. The molecule has 0 rings (SSSR count). The molecule has 0 aromatic rings. The van der Waals surface area contributed by atoms with Crippen LogP contribution in [-0.4, -0.2) is 36.1 Å². The average molecular weight is 242 g/mol. The van der Waals surface area contributed by atoms with Crippen molar-refractivity contribution in [3.8, 4) is 0 Å². The van der Waals surface area contributed by atoms with Gasteiger partial charge in [0.15, 0.2) is 0 Å². The van der Waals surface area contributed by atoms with Gasteiger partial charge in [-0.1, -0.05) is 20.8 Å². The molecule has 104 valence electrons. The van der Waals surface area contributed by atoms with Gasteiger partial charge in [0.05, 0.1) is 0 Å². The Balaban J connectivity index is 4.08. The molecule has 0 aliphatic heterocycles. The molecule has 0 spiro atoms. The van der Waals surface area contributed by atoms with Crippen molar-refractivity contribution < 1.29 is 0 Å². The fourth-order valence-electron chi connectivity index (χ4n) is 1.91. The number of rotatable bonds is 7. The summed E-state index contributed by atoms with van der Waals surface area (Å²) >= 11 is 0. The first-order chi connectivity index (χ1) is 7.61. The molecule has 0 amide bonds. The maximum atomic E-state index is 3.59. The van der Waals surface area contributed by atoms with Crippen LogP contribution >= 0.6 is 0 Å². The first-order valence-corrected chi connectivity index (χ1v) is 7.11. The Morgan fingerprint density at radius 1 is 0.941 bits per heavy atom. The Hall–Kier alpha value is -0.0800. The molecule has 0 heterocycles. The number of hydrogen-bond donors (Lipinski definition) is 1. The van der Waals surface area contributed by atoms with Crippen LogP contribution in [0, 0.1) is 11.8 Å². The van der Waals surface area contributed by atoms with Crippen LogP contribution in [0.4, 0.5) is 0 Å². The molecule has 1 atom stereocenters. The standard InChI is InChI=1S/C15H34N2/c1-12(2)10-17(13(3)4)11-14(5)9-16-15(6,7)8/h12-14,16H,9-11H2,1-8H3. The molecule has 1 N–H and O–H groups in total. The summed E-state index contributed by atoms with van der Waals surface area (Å²) in [5.74, 6) is 1.45. The average Bonchev–Trinajstić information content (AvgIpc) is 2.11. The number of nitrogens with zero attached hydrogens (tertiary/aromatic N) is 1. The molecule has 2 heteroatoms. The van der Waals surface area contributed by atoms with Gasteiger partial charge in [-0.15, -0.1) is 0 Å². The van der Waals surface area contributed by atoms with Gasteiger partial charge in [0.2, 0.25) is 0 Å². The lowest BCUT2D eigenvalue weighted by molar-refractivity contribution is 0.167. The summed E-state index contributed by atoms with van der Waals surface area (Å²) in [6, 6.07) is 0.648. The highest BCUT2D eigenvalue weighted by Crippen LogP contribution is 2.09. The van der Waals surface area contributed by atoms with Crippen LogP contribution < -0.4 is 5.32 Å². The van der Waals surface area contributed by atoms with Gasteiger partial charge in [-0.2, -0.15) is 0 Å². The van der Waals surface area contributed by atoms with E-state index in [0.717, 1.165) is 12.5 Å². The van der Waals surface area contributed by atoms with E-state index in [2.05, 4.69) is 65.6 Å². The summed E-state index contributed by atoms with van der Waals surface area (Å²) in [5, 5.41) is 3.59. The van der Waals surface area contributed by atoms with E-state index in [1.807, 2.05) is 0 Å². The zero-order chi connectivity index (χ0) is 13.6. The molecule has 0 fully saturated rings. The SMILES string of the molecule is CC(C)CN(CC(C)CNC(C)(C)C)C(C)C. The van der Waals surface area contributed by atoms with Crippen LogP contribution in [-0.2, 0) is 0 Å². The van der Waals surface area contributed by atoms with E-state index >= 15 is 0 Å². The summed E-state index contributed by atoms with van der Waals surface area (Å²) in [7, 11) is 0. The van der Waals surface area contributed by atoms with Gasteiger partial charge < -0.3 is 10.2 Å². The lowest BCUT2D eigenvalue weighted by Crippen LogP contribution is -2.43. The Kier molecular flexibility index (Phi) is 7.34. The van der Waals surface area contributed by atoms with Gasteiger partial charge in [-0.05, 0) is 53.0 Å². The number of hydrogen-bond acceptors (Lipinski definition) is 2. The fraction of sp³-hybridized carbons (Fsp3) is 1.00. The molecule has 1 unspecified atom stereocenters. The topological polar surface area (TPSA) is 15.3 Å². The van der Waals surface area contributed by atoms with Crippen molar-refractivity contribution in [3.05, 3.63) is 0 Å². The van der Waals surface area contributed by atoms with Crippen molar-refractivity contribution in [2.45, 2.75) is 67.0 Å². The van der Waals surface area contributed by atoms with Crippen molar-refractivity contribution in [1.29, 1.82) is 0 Å². The Morgan fingerprint density at radius 2 is 1.47 bits per heavy atom. The normalized spacial score (nSPS) is 15.0. The molecule has 2 nitrogen and oxygen atoms in total. The van der Waals surface area contributed by atoms with Gasteiger partial charge in [-0.3, -0.25) is 0 Å². The van der Waals surface area contributed by atoms with Crippen LogP contribution in [0.1, 0.15) is 55.4 Å². The van der Waals surface area contributed by atoms with Crippen LogP contribution in [0.5, 0.6) is 0 Å². The van der Waals surface area contributed by atoms with Crippen LogP contribution in [0.2, 0.25) is 0 Å². The van der Waals surface area contributed by atoms with Crippen molar-refractivity contribution in [2.75, 3.05) is 19.6 Å². The third-order valence-electron chi connectivity index (χ3n) is 2.86. The third kappa shape index (κ3) is 9.61. The van der Waals surface area contributed by atoms with Crippen molar-refractivity contribution in [3.63, 3.8) is 0 Å². The minimum absolute atomic E-state index is 0.231. The van der Waals surface area contributed by atoms with Gasteiger partial charge in [0, 0.05) is 24.7 Å². The second-order valence-corrected chi connectivity index (χ2v) is 7.18. The molecular formula is C15H34N2. The molecule has 0 bridgehead atoms. The second kappa shape index (κ2) is 7.38. The van der Waals surface area contributed by atoms with Crippen LogP contribution in [0.3, 0.4) is 0 Å². The van der Waals surface area contributed by atoms with Gasteiger partial charge in [0.1, 0.15) is 0 Å². The minimum Gasteiger partial charge on any atom is -0.312 e. The van der Waals surface area contributed by atoms with Gasteiger partial charge >= 0.3 is 0 Å². The highest BCUT2D eigenvalue weighted by molar-refractivity contribution is 4.74. The molecular weight excluding hydrogens is 208 g/mol. The first-order valence-electron chi connectivity index (χ1n) is 7.11. The summed E-state index contributed by atoms with van der Waals surface area (Å²) < 4.78 is 0. The summed E-state index contributed by atoms with van der Waals surface area (Å²) in [6.07, 6.45) is 0. The Bertz CT molecular complexity index is 192. The zero-order valence-electron chi connectivity index (χ0n) is 13.3. The molecule has 0 aromatic heterocycles. The quantitative estimate of drug-likeness (QED) is 0.736. The minimum atomic E-state index is 0.231.